The van der Waals surface area contributed by atoms with Crippen LogP contribution in [0.1, 0.15) is 44.1 Å². The minimum absolute atomic E-state index is 0.0123. The third-order valence-electron chi connectivity index (χ3n) is 5.42. The van der Waals surface area contributed by atoms with Gasteiger partial charge in [-0.05, 0) is 24.1 Å². The minimum atomic E-state index is -2.93. The molecular formula is C22H23F2NO3. The van der Waals surface area contributed by atoms with Gasteiger partial charge in [0.25, 0.3) is 0 Å². The zero-order chi connectivity index (χ0) is 19.7. The second kappa shape index (κ2) is 7.78. The van der Waals surface area contributed by atoms with Crippen LogP contribution in [0.3, 0.4) is 0 Å². The Labute approximate surface area is 162 Å². The fourth-order valence-electron chi connectivity index (χ4n) is 4.11. The predicted octanol–water partition coefficient (Wildman–Crippen LogP) is 5.69. The number of ether oxygens (including phenoxy) is 1. The highest BCUT2D eigenvalue weighted by molar-refractivity contribution is 6.09. The van der Waals surface area contributed by atoms with E-state index in [1.807, 2.05) is 29.2 Å². The zero-order valence-corrected chi connectivity index (χ0v) is 15.8. The highest BCUT2D eigenvalue weighted by atomic mass is 19.3. The van der Waals surface area contributed by atoms with Crippen LogP contribution in [-0.2, 0) is 4.79 Å². The summed E-state index contributed by atoms with van der Waals surface area (Å²) in [4.78, 5) is 14.4. The Bertz CT molecular complexity index is 998. The molecule has 0 aliphatic carbocycles. The maximum absolute atomic E-state index is 12.8. The summed E-state index contributed by atoms with van der Waals surface area (Å²) in [5, 5.41) is 1.62. The van der Waals surface area contributed by atoms with Crippen LogP contribution >= 0.6 is 0 Å². The quantitative estimate of drug-likeness (QED) is 0.489. The van der Waals surface area contributed by atoms with E-state index in [-0.39, 0.29) is 17.6 Å². The molecule has 148 valence electrons. The average molecular weight is 387 g/mol. The molecule has 2 aromatic carbocycles. The van der Waals surface area contributed by atoms with E-state index >= 15 is 0 Å². The second-order valence-corrected chi connectivity index (χ2v) is 7.28. The Morgan fingerprint density at radius 3 is 2.82 bits per heavy atom. The molecule has 1 aromatic heterocycles. The minimum Gasteiger partial charge on any atom is -0.452 e. The Kier molecular flexibility index (Phi) is 5.20. The number of para-hydroxylation sites is 1. The van der Waals surface area contributed by atoms with Gasteiger partial charge in [-0.25, -0.2) is 0 Å². The number of likely N-dealkylation sites (tertiary alicyclic amines) is 1. The third-order valence-corrected chi connectivity index (χ3v) is 5.42. The molecule has 4 rings (SSSR count). The van der Waals surface area contributed by atoms with Gasteiger partial charge in [-0.1, -0.05) is 44.0 Å². The summed E-state index contributed by atoms with van der Waals surface area (Å²) in [7, 11) is 0. The lowest BCUT2D eigenvalue weighted by Gasteiger charge is -2.17. The fourth-order valence-corrected chi connectivity index (χ4v) is 4.11. The number of benzene rings is 2. The molecule has 0 saturated carbocycles. The molecule has 0 radical (unpaired) electrons. The van der Waals surface area contributed by atoms with Crippen LogP contribution in [0.5, 0.6) is 5.75 Å². The van der Waals surface area contributed by atoms with E-state index in [2.05, 4.69) is 11.7 Å². The summed E-state index contributed by atoms with van der Waals surface area (Å²) in [5.41, 5.74) is 1.89. The molecular weight excluding hydrogens is 364 g/mol. The van der Waals surface area contributed by atoms with Crippen LogP contribution < -0.4 is 4.74 Å². The molecule has 1 amide bonds. The molecule has 1 aliphatic rings. The lowest BCUT2D eigenvalue weighted by Crippen LogP contribution is -2.26. The molecule has 1 atom stereocenters. The number of nitrogens with zero attached hydrogens (tertiary/aromatic N) is 1. The number of hydrogen-bond acceptors (Lipinski definition) is 3. The number of rotatable bonds is 7. The number of furan rings is 1. The van der Waals surface area contributed by atoms with Gasteiger partial charge in [0.2, 0.25) is 5.91 Å². The lowest BCUT2D eigenvalue weighted by molar-refractivity contribution is -0.127. The molecule has 2 heterocycles. The van der Waals surface area contributed by atoms with Crippen molar-refractivity contribution >= 4 is 27.8 Å². The lowest BCUT2D eigenvalue weighted by atomic mass is 9.93. The van der Waals surface area contributed by atoms with E-state index in [4.69, 9.17) is 4.42 Å². The van der Waals surface area contributed by atoms with Crippen LogP contribution in [0, 0.1) is 0 Å². The van der Waals surface area contributed by atoms with Crippen molar-refractivity contribution in [2.75, 3.05) is 13.1 Å². The van der Waals surface area contributed by atoms with Gasteiger partial charge < -0.3 is 14.1 Å². The number of carbonyl (C=O) groups is 1. The molecule has 4 nitrogen and oxygen atoms in total. The first-order valence-corrected chi connectivity index (χ1v) is 9.75. The van der Waals surface area contributed by atoms with Crippen molar-refractivity contribution in [1.29, 1.82) is 0 Å². The van der Waals surface area contributed by atoms with Crippen molar-refractivity contribution in [1.82, 2.24) is 4.90 Å². The van der Waals surface area contributed by atoms with Crippen molar-refractivity contribution < 1.29 is 22.7 Å². The largest absolute Gasteiger partial charge is 0.452 e. The van der Waals surface area contributed by atoms with E-state index in [0.717, 1.165) is 42.1 Å². The Balaban J connectivity index is 1.74. The number of hydrogen-bond donors (Lipinski definition) is 0. The van der Waals surface area contributed by atoms with Crippen LogP contribution in [0.25, 0.3) is 21.9 Å². The van der Waals surface area contributed by atoms with E-state index in [1.54, 1.807) is 6.07 Å². The van der Waals surface area contributed by atoms with Crippen LogP contribution in [-0.4, -0.2) is 30.5 Å². The summed E-state index contributed by atoms with van der Waals surface area (Å²) in [6.45, 7) is 0.625. The van der Waals surface area contributed by atoms with Gasteiger partial charge in [0, 0.05) is 36.2 Å². The molecule has 1 aliphatic heterocycles. The molecule has 3 aromatic rings. The second-order valence-electron chi connectivity index (χ2n) is 7.28. The molecule has 0 spiro atoms. The molecule has 1 fully saturated rings. The average Bonchev–Trinajstić information content (AvgIpc) is 3.23. The van der Waals surface area contributed by atoms with Crippen molar-refractivity contribution in [2.24, 2.45) is 0 Å². The van der Waals surface area contributed by atoms with Crippen LogP contribution in [0.2, 0.25) is 0 Å². The van der Waals surface area contributed by atoms with Gasteiger partial charge >= 0.3 is 6.61 Å². The Morgan fingerprint density at radius 2 is 2.04 bits per heavy atom. The summed E-state index contributed by atoms with van der Waals surface area (Å²) >= 11 is 0. The van der Waals surface area contributed by atoms with Crippen LogP contribution in [0.15, 0.2) is 40.8 Å². The summed E-state index contributed by atoms with van der Waals surface area (Å²) in [5.74, 6) is 0.183. The van der Waals surface area contributed by atoms with Crippen molar-refractivity contribution in [3.8, 4) is 5.75 Å². The van der Waals surface area contributed by atoms with E-state index < -0.39 is 6.61 Å². The van der Waals surface area contributed by atoms with E-state index in [0.29, 0.717) is 24.1 Å². The summed E-state index contributed by atoms with van der Waals surface area (Å²) in [6.07, 6.45) is 3.64. The fraction of sp³-hybridized carbons (Fsp3) is 0.409. The number of alkyl halides is 2. The SMILES string of the molecule is CCCCCN1CC(c2ccc(OC(F)F)c3oc4ccccc4c23)CC1=O. The highest BCUT2D eigenvalue weighted by Gasteiger charge is 2.32. The number of unbranched alkanes of at least 4 members (excludes halogenated alkanes) is 2. The van der Waals surface area contributed by atoms with Gasteiger partial charge in [-0.3, -0.25) is 4.79 Å². The Hall–Kier alpha value is -2.63. The first-order chi connectivity index (χ1) is 13.6. The first kappa shape index (κ1) is 18.7. The monoisotopic (exact) mass is 387 g/mol. The van der Waals surface area contributed by atoms with E-state index in [9.17, 15) is 13.6 Å². The van der Waals surface area contributed by atoms with Crippen LogP contribution in [0.4, 0.5) is 8.78 Å². The first-order valence-electron chi connectivity index (χ1n) is 9.75. The summed E-state index contributed by atoms with van der Waals surface area (Å²) in [6, 6.07) is 10.8. The zero-order valence-electron chi connectivity index (χ0n) is 15.8. The maximum Gasteiger partial charge on any atom is 0.387 e. The van der Waals surface area contributed by atoms with Gasteiger partial charge in [-0.15, -0.1) is 0 Å². The van der Waals surface area contributed by atoms with Gasteiger partial charge in [0.1, 0.15) is 5.58 Å². The van der Waals surface area contributed by atoms with Gasteiger partial charge in [0.05, 0.1) is 0 Å². The van der Waals surface area contributed by atoms with E-state index in [1.165, 1.54) is 6.07 Å². The number of fused-ring (bicyclic) bond motifs is 3. The number of halogens is 2. The number of carbonyl (C=O) groups excluding carboxylic acids is 1. The standard InChI is InChI=1S/C22H23F2NO3/c1-2-3-6-11-25-13-14(12-19(25)26)15-9-10-18(28-22(23)24)21-20(15)16-7-4-5-8-17(16)27-21/h4-5,7-10,14,22H,2-3,6,11-13H2,1H3. The number of amides is 1. The molecule has 0 bridgehead atoms. The van der Waals surface area contributed by atoms with Gasteiger partial charge in [-0.2, -0.15) is 8.78 Å². The predicted molar refractivity (Wildman–Crippen MR) is 104 cm³/mol. The van der Waals surface area contributed by atoms with Gasteiger partial charge in [0.15, 0.2) is 11.3 Å². The normalized spacial score (nSPS) is 17.4. The molecule has 0 N–H and O–H groups in total. The molecule has 1 unspecified atom stereocenters. The molecule has 28 heavy (non-hydrogen) atoms. The molecule has 6 heteroatoms. The van der Waals surface area contributed by atoms with Crippen molar-refractivity contribution in [2.45, 2.75) is 45.1 Å². The van der Waals surface area contributed by atoms with Crippen molar-refractivity contribution in [3.05, 3.63) is 42.0 Å². The summed E-state index contributed by atoms with van der Waals surface area (Å²) < 4.78 is 36.2. The third kappa shape index (κ3) is 3.43. The Morgan fingerprint density at radius 1 is 1.21 bits per heavy atom. The van der Waals surface area contributed by atoms with Crippen molar-refractivity contribution in [3.63, 3.8) is 0 Å². The molecule has 1 saturated heterocycles. The highest BCUT2D eigenvalue weighted by Crippen LogP contribution is 2.42. The topological polar surface area (TPSA) is 42.7 Å². The smallest absolute Gasteiger partial charge is 0.387 e. The maximum atomic E-state index is 12.8.